The second kappa shape index (κ2) is 4.52. The van der Waals surface area contributed by atoms with Gasteiger partial charge >= 0.3 is 0 Å². The summed E-state index contributed by atoms with van der Waals surface area (Å²) < 4.78 is 1.15. The van der Waals surface area contributed by atoms with Crippen LogP contribution in [0.1, 0.15) is 31.9 Å². The number of aryl methyl sites for hydroxylation is 1. The molecule has 1 aliphatic heterocycles. The number of halogens is 1. The van der Waals surface area contributed by atoms with Crippen LogP contribution < -0.4 is 4.90 Å². The van der Waals surface area contributed by atoms with Gasteiger partial charge in [-0.1, -0.05) is 0 Å². The lowest BCUT2D eigenvalue weighted by Gasteiger charge is -2.36. The lowest BCUT2D eigenvalue weighted by Crippen LogP contribution is -2.37. The summed E-state index contributed by atoms with van der Waals surface area (Å²) in [5.41, 5.74) is 2.37. The van der Waals surface area contributed by atoms with Crippen molar-refractivity contribution in [3.63, 3.8) is 0 Å². The molecule has 0 spiro atoms. The summed E-state index contributed by atoms with van der Waals surface area (Å²) >= 11 is 3.64. The second-order valence-electron chi connectivity index (χ2n) is 4.27. The molecule has 0 saturated carbocycles. The number of piperidine rings is 1. The van der Waals surface area contributed by atoms with Gasteiger partial charge in [-0.15, -0.1) is 0 Å². The first kappa shape index (κ1) is 10.9. The van der Waals surface area contributed by atoms with Crippen molar-refractivity contribution >= 4 is 21.6 Å². The number of rotatable bonds is 1. The van der Waals surface area contributed by atoms with E-state index in [1.807, 2.05) is 13.1 Å². The topological polar surface area (TPSA) is 16.1 Å². The average molecular weight is 269 g/mol. The van der Waals surface area contributed by atoms with Crippen molar-refractivity contribution < 1.29 is 0 Å². The fourth-order valence-electron chi connectivity index (χ4n) is 2.21. The molecular formula is C12H17BrN2. The highest BCUT2D eigenvalue weighted by Crippen LogP contribution is 2.32. The maximum absolute atomic E-state index is 4.29. The highest BCUT2D eigenvalue weighted by Gasteiger charge is 2.20. The summed E-state index contributed by atoms with van der Waals surface area (Å²) in [6, 6.07) is 2.76. The van der Waals surface area contributed by atoms with Crippen molar-refractivity contribution in [2.45, 2.75) is 39.2 Å². The van der Waals surface area contributed by atoms with Crippen LogP contribution in [0, 0.1) is 6.92 Å². The van der Waals surface area contributed by atoms with E-state index in [0.29, 0.717) is 6.04 Å². The molecule has 1 fully saturated rings. The zero-order valence-corrected chi connectivity index (χ0v) is 10.9. The molecule has 0 amide bonds. The largest absolute Gasteiger partial charge is 0.368 e. The molecule has 2 nitrogen and oxygen atoms in total. The van der Waals surface area contributed by atoms with Crippen LogP contribution in [0.4, 0.5) is 5.69 Å². The molecule has 0 aliphatic carbocycles. The summed E-state index contributed by atoms with van der Waals surface area (Å²) in [7, 11) is 0. The predicted octanol–water partition coefficient (Wildman–Crippen LogP) is 3.53. The molecule has 0 aromatic carbocycles. The molecule has 1 aromatic heterocycles. The van der Waals surface area contributed by atoms with E-state index in [1.165, 1.54) is 31.5 Å². The van der Waals surface area contributed by atoms with Crippen molar-refractivity contribution in [1.29, 1.82) is 0 Å². The van der Waals surface area contributed by atoms with E-state index in [1.54, 1.807) is 0 Å². The van der Waals surface area contributed by atoms with E-state index in [4.69, 9.17) is 0 Å². The Kier molecular flexibility index (Phi) is 3.29. The third-order valence-electron chi connectivity index (χ3n) is 3.16. The second-order valence-corrected chi connectivity index (χ2v) is 5.06. The van der Waals surface area contributed by atoms with Crippen LogP contribution in [0.5, 0.6) is 0 Å². The van der Waals surface area contributed by atoms with Gasteiger partial charge in [0.15, 0.2) is 0 Å². The fraction of sp³-hybridized carbons (Fsp3) is 0.583. The lowest BCUT2D eigenvalue weighted by molar-refractivity contribution is 0.484. The van der Waals surface area contributed by atoms with Crippen molar-refractivity contribution in [1.82, 2.24) is 4.98 Å². The van der Waals surface area contributed by atoms with Gasteiger partial charge in [-0.3, -0.25) is 4.98 Å². The van der Waals surface area contributed by atoms with E-state index >= 15 is 0 Å². The van der Waals surface area contributed by atoms with Gasteiger partial charge in [0.1, 0.15) is 0 Å². The van der Waals surface area contributed by atoms with Crippen LogP contribution in [0.3, 0.4) is 0 Å². The van der Waals surface area contributed by atoms with Gasteiger partial charge in [-0.05, 0) is 55.1 Å². The Balaban J connectivity index is 2.31. The highest BCUT2D eigenvalue weighted by atomic mass is 79.9. The maximum Gasteiger partial charge on any atom is 0.0621 e. The summed E-state index contributed by atoms with van der Waals surface area (Å²) in [4.78, 5) is 6.77. The molecule has 1 saturated heterocycles. The van der Waals surface area contributed by atoms with Crippen LogP contribution in [0.2, 0.25) is 0 Å². The molecule has 0 N–H and O–H groups in total. The van der Waals surface area contributed by atoms with Crippen LogP contribution in [-0.4, -0.2) is 17.6 Å². The van der Waals surface area contributed by atoms with Crippen LogP contribution in [0.15, 0.2) is 16.7 Å². The van der Waals surface area contributed by atoms with Gasteiger partial charge in [0.25, 0.3) is 0 Å². The Morgan fingerprint density at radius 1 is 1.47 bits per heavy atom. The summed E-state index contributed by atoms with van der Waals surface area (Å²) in [5.74, 6) is 0. The van der Waals surface area contributed by atoms with Gasteiger partial charge in [-0.25, -0.2) is 0 Å². The quantitative estimate of drug-likeness (QED) is 0.775. The number of pyridine rings is 1. The minimum absolute atomic E-state index is 0.650. The number of nitrogens with zero attached hydrogens (tertiary/aromatic N) is 2. The molecule has 1 aliphatic rings. The Labute approximate surface area is 99.8 Å². The number of hydrogen-bond donors (Lipinski definition) is 0. The van der Waals surface area contributed by atoms with Gasteiger partial charge in [0.05, 0.1) is 15.9 Å². The summed E-state index contributed by atoms with van der Waals surface area (Å²) in [6.07, 6.45) is 5.86. The summed E-state index contributed by atoms with van der Waals surface area (Å²) in [6.45, 7) is 5.52. The van der Waals surface area contributed by atoms with Crippen LogP contribution in [0.25, 0.3) is 0 Å². The smallest absolute Gasteiger partial charge is 0.0621 e. The zero-order valence-electron chi connectivity index (χ0n) is 9.33. The van der Waals surface area contributed by atoms with E-state index in [9.17, 15) is 0 Å². The van der Waals surface area contributed by atoms with Gasteiger partial charge in [0, 0.05) is 18.8 Å². The molecule has 0 bridgehead atoms. The van der Waals surface area contributed by atoms with Crippen LogP contribution >= 0.6 is 15.9 Å². The number of anilines is 1. The van der Waals surface area contributed by atoms with Crippen molar-refractivity contribution in [3.05, 3.63) is 22.4 Å². The van der Waals surface area contributed by atoms with Gasteiger partial charge < -0.3 is 4.90 Å². The first-order valence-electron chi connectivity index (χ1n) is 5.58. The van der Waals surface area contributed by atoms with E-state index in [0.717, 1.165) is 10.2 Å². The fourth-order valence-corrected chi connectivity index (χ4v) is 2.67. The molecule has 3 heteroatoms. The molecule has 2 rings (SSSR count). The number of hydrogen-bond acceptors (Lipinski definition) is 2. The SMILES string of the molecule is Cc1nccc(N2CCCCC2C)c1Br. The Hall–Kier alpha value is -0.570. The first-order chi connectivity index (χ1) is 7.20. The van der Waals surface area contributed by atoms with Crippen LogP contribution in [-0.2, 0) is 0 Å². The molecule has 82 valence electrons. The normalized spacial score (nSPS) is 21.8. The molecule has 0 radical (unpaired) electrons. The average Bonchev–Trinajstić information content (AvgIpc) is 2.23. The standard InChI is InChI=1S/C12H17BrN2/c1-9-5-3-4-8-15(9)11-6-7-14-10(2)12(11)13/h6-7,9H,3-5,8H2,1-2H3. The molecular weight excluding hydrogens is 252 g/mol. The molecule has 1 unspecified atom stereocenters. The molecule has 2 heterocycles. The highest BCUT2D eigenvalue weighted by molar-refractivity contribution is 9.10. The van der Waals surface area contributed by atoms with E-state index in [-0.39, 0.29) is 0 Å². The third-order valence-corrected chi connectivity index (χ3v) is 4.14. The van der Waals surface area contributed by atoms with Crippen molar-refractivity contribution in [3.8, 4) is 0 Å². The Bertz CT molecular complexity index is 351. The molecule has 15 heavy (non-hydrogen) atoms. The number of aromatic nitrogens is 1. The van der Waals surface area contributed by atoms with Gasteiger partial charge in [-0.2, -0.15) is 0 Å². The van der Waals surface area contributed by atoms with E-state index in [2.05, 4.69) is 38.8 Å². The summed E-state index contributed by atoms with van der Waals surface area (Å²) in [5, 5.41) is 0. The Morgan fingerprint density at radius 3 is 3.00 bits per heavy atom. The third kappa shape index (κ3) is 2.17. The molecule has 1 atom stereocenters. The monoisotopic (exact) mass is 268 g/mol. The minimum Gasteiger partial charge on any atom is -0.368 e. The predicted molar refractivity (Wildman–Crippen MR) is 67.3 cm³/mol. The van der Waals surface area contributed by atoms with Crippen molar-refractivity contribution in [2.24, 2.45) is 0 Å². The lowest BCUT2D eigenvalue weighted by atomic mass is 10.0. The van der Waals surface area contributed by atoms with E-state index < -0.39 is 0 Å². The maximum atomic E-state index is 4.29. The molecule has 1 aromatic rings. The van der Waals surface area contributed by atoms with Gasteiger partial charge in [0.2, 0.25) is 0 Å². The zero-order chi connectivity index (χ0) is 10.8. The van der Waals surface area contributed by atoms with Crippen molar-refractivity contribution in [2.75, 3.05) is 11.4 Å². The minimum atomic E-state index is 0.650. The Morgan fingerprint density at radius 2 is 2.27 bits per heavy atom. The first-order valence-corrected chi connectivity index (χ1v) is 6.37.